The fourth-order valence-electron chi connectivity index (χ4n) is 0.973. The van der Waals surface area contributed by atoms with Crippen molar-refractivity contribution in [2.24, 2.45) is 5.92 Å². The summed E-state index contributed by atoms with van der Waals surface area (Å²) in [6.45, 7) is 4.07. The first-order valence-electron chi connectivity index (χ1n) is 2.93. The van der Waals surface area contributed by atoms with Gasteiger partial charge in [-0.3, -0.25) is 0 Å². The Bertz CT molecular complexity index is 103. The van der Waals surface area contributed by atoms with Crippen molar-refractivity contribution >= 4 is 5.71 Å². The monoisotopic (exact) mass is 112 g/mol. The molecule has 0 aromatic rings. The molecule has 0 aromatic carbocycles. The van der Waals surface area contributed by atoms with Crippen molar-refractivity contribution in [3.63, 3.8) is 0 Å². The predicted molar refractivity (Wildman–Crippen MR) is 34.4 cm³/mol. The molecule has 0 aliphatic carbocycles. The zero-order valence-electron chi connectivity index (χ0n) is 5.44. The summed E-state index contributed by atoms with van der Waals surface area (Å²) in [5.74, 6) is 0.569. The van der Waals surface area contributed by atoms with Gasteiger partial charge in [-0.05, 0) is 14.0 Å². The normalized spacial score (nSPS) is 22.8. The van der Waals surface area contributed by atoms with E-state index in [1.807, 2.05) is 6.92 Å². The minimum atomic E-state index is 0.569. The van der Waals surface area contributed by atoms with Gasteiger partial charge in [0.25, 0.3) is 0 Å². The average molecular weight is 112 g/mol. The lowest BCUT2D eigenvalue weighted by Crippen LogP contribution is -2.46. The summed E-state index contributed by atoms with van der Waals surface area (Å²) < 4.78 is 0. The van der Waals surface area contributed by atoms with Crippen molar-refractivity contribution in [1.82, 2.24) is 4.90 Å². The number of hydrogen-bond donors (Lipinski definition) is 1. The maximum absolute atomic E-state index is 7.21. The zero-order valence-corrected chi connectivity index (χ0v) is 5.44. The number of rotatable bonds is 1. The van der Waals surface area contributed by atoms with Crippen LogP contribution in [-0.2, 0) is 0 Å². The first-order valence-corrected chi connectivity index (χ1v) is 2.93. The van der Waals surface area contributed by atoms with E-state index in [2.05, 4.69) is 11.9 Å². The molecule has 0 aromatic heterocycles. The van der Waals surface area contributed by atoms with Gasteiger partial charge in [0, 0.05) is 24.7 Å². The van der Waals surface area contributed by atoms with Crippen LogP contribution in [-0.4, -0.2) is 30.7 Å². The van der Waals surface area contributed by atoms with E-state index in [0.29, 0.717) is 5.92 Å². The molecule has 1 aliphatic heterocycles. The lowest BCUT2D eigenvalue weighted by atomic mass is 9.97. The molecule has 0 bridgehead atoms. The molecule has 0 spiro atoms. The van der Waals surface area contributed by atoms with Crippen LogP contribution < -0.4 is 0 Å². The molecular weight excluding hydrogens is 100 g/mol. The van der Waals surface area contributed by atoms with Gasteiger partial charge in [-0.15, -0.1) is 0 Å². The Labute approximate surface area is 50.0 Å². The minimum Gasteiger partial charge on any atom is -0.310 e. The van der Waals surface area contributed by atoms with E-state index in [1.54, 1.807) is 0 Å². The van der Waals surface area contributed by atoms with E-state index in [4.69, 9.17) is 5.41 Å². The number of hydrogen-bond acceptors (Lipinski definition) is 2. The van der Waals surface area contributed by atoms with Gasteiger partial charge in [0.15, 0.2) is 0 Å². The Morgan fingerprint density at radius 2 is 2.12 bits per heavy atom. The van der Waals surface area contributed by atoms with Gasteiger partial charge >= 0.3 is 0 Å². The third kappa shape index (κ3) is 0.892. The summed E-state index contributed by atoms with van der Waals surface area (Å²) in [7, 11) is 2.08. The molecule has 8 heavy (non-hydrogen) atoms. The number of likely N-dealkylation sites (tertiary alicyclic amines) is 1. The van der Waals surface area contributed by atoms with E-state index in [0.717, 1.165) is 18.8 Å². The molecule has 1 saturated heterocycles. The van der Waals surface area contributed by atoms with E-state index < -0.39 is 0 Å². The van der Waals surface area contributed by atoms with Crippen LogP contribution in [0.2, 0.25) is 0 Å². The van der Waals surface area contributed by atoms with Crippen LogP contribution in [0.3, 0.4) is 0 Å². The van der Waals surface area contributed by atoms with E-state index in [1.165, 1.54) is 0 Å². The van der Waals surface area contributed by atoms with Crippen LogP contribution >= 0.6 is 0 Å². The first-order chi connectivity index (χ1) is 3.70. The van der Waals surface area contributed by atoms with Crippen LogP contribution in [0.15, 0.2) is 0 Å². The lowest BCUT2D eigenvalue weighted by Gasteiger charge is -2.35. The molecule has 1 heterocycles. The van der Waals surface area contributed by atoms with Crippen molar-refractivity contribution in [3.05, 3.63) is 0 Å². The summed E-state index contributed by atoms with van der Waals surface area (Å²) in [4.78, 5) is 2.22. The molecule has 1 rings (SSSR count). The Balaban J connectivity index is 2.25. The third-order valence-corrected chi connectivity index (χ3v) is 1.68. The molecule has 0 radical (unpaired) electrons. The first kappa shape index (κ1) is 5.76. The molecule has 1 N–H and O–H groups in total. The molecule has 0 saturated carbocycles. The molecular formula is C6H12N2. The Morgan fingerprint density at radius 3 is 2.25 bits per heavy atom. The predicted octanol–water partition coefficient (Wildman–Crippen LogP) is 0.588. The molecule has 0 unspecified atom stereocenters. The number of nitrogens with zero attached hydrogens (tertiary/aromatic N) is 1. The summed E-state index contributed by atoms with van der Waals surface area (Å²) in [5.41, 5.74) is 0.836. The highest BCUT2D eigenvalue weighted by molar-refractivity contribution is 5.82. The highest BCUT2D eigenvalue weighted by Crippen LogP contribution is 2.12. The highest BCUT2D eigenvalue weighted by Gasteiger charge is 2.23. The standard InChI is InChI=1S/C6H12N2/c1-5(7)6-3-8(2)4-6/h6-7H,3-4H2,1-2H3. The van der Waals surface area contributed by atoms with Gasteiger partial charge in [-0.25, -0.2) is 0 Å². The largest absolute Gasteiger partial charge is 0.310 e. The van der Waals surface area contributed by atoms with Crippen molar-refractivity contribution in [1.29, 1.82) is 5.41 Å². The van der Waals surface area contributed by atoms with Gasteiger partial charge in [-0.2, -0.15) is 0 Å². The lowest BCUT2D eigenvalue weighted by molar-refractivity contribution is 0.182. The van der Waals surface area contributed by atoms with Gasteiger partial charge in [0.05, 0.1) is 0 Å². The van der Waals surface area contributed by atoms with Crippen LogP contribution in [0, 0.1) is 11.3 Å². The molecule has 2 heteroatoms. The molecule has 0 atom stereocenters. The van der Waals surface area contributed by atoms with E-state index in [-0.39, 0.29) is 0 Å². The van der Waals surface area contributed by atoms with Gasteiger partial charge in [0.2, 0.25) is 0 Å². The van der Waals surface area contributed by atoms with Crippen molar-refractivity contribution < 1.29 is 0 Å². The van der Waals surface area contributed by atoms with Crippen LogP contribution in [0.25, 0.3) is 0 Å². The summed E-state index contributed by atoms with van der Waals surface area (Å²) in [6, 6.07) is 0. The quantitative estimate of drug-likeness (QED) is 0.494. The smallest absolute Gasteiger partial charge is 0.0217 e. The van der Waals surface area contributed by atoms with Gasteiger partial charge < -0.3 is 10.3 Å². The number of nitrogens with one attached hydrogen (secondary N) is 1. The summed E-state index contributed by atoms with van der Waals surface area (Å²) in [6.07, 6.45) is 0. The van der Waals surface area contributed by atoms with Crippen LogP contribution in [0.5, 0.6) is 0 Å². The second kappa shape index (κ2) is 1.86. The van der Waals surface area contributed by atoms with E-state index in [9.17, 15) is 0 Å². The minimum absolute atomic E-state index is 0.569. The second-order valence-corrected chi connectivity index (χ2v) is 2.60. The fraction of sp³-hybridized carbons (Fsp3) is 0.833. The maximum atomic E-state index is 7.21. The van der Waals surface area contributed by atoms with Crippen molar-refractivity contribution in [2.45, 2.75) is 6.92 Å². The zero-order chi connectivity index (χ0) is 6.15. The van der Waals surface area contributed by atoms with Crippen LogP contribution in [0.4, 0.5) is 0 Å². The molecule has 1 aliphatic rings. The topological polar surface area (TPSA) is 27.1 Å². The average Bonchev–Trinajstić information content (AvgIpc) is 1.57. The van der Waals surface area contributed by atoms with Crippen LogP contribution in [0.1, 0.15) is 6.92 Å². The molecule has 2 nitrogen and oxygen atoms in total. The third-order valence-electron chi connectivity index (χ3n) is 1.68. The maximum Gasteiger partial charge on any atom is 0.0217 e. The Morgan fingerprint density at radius 1 is 1.62 bits per heavy atom. The summed E-state index contributed by atoms with van der Waals surface area (Å²) >= 11 is 0. The van der Waals surface area contributed by atoms with E-state index >= 15 is 0 Å². The van der Waals surface area contributed by atoms with Gasteiger partial charge in [-0.1, -0.05) is 0 Å². The highest BCUT2D eigenvalue weighted by atomic mass is 15.2. The Hall–Kier alpha value is -0.370. The Kier molecular flexibility index (Phi) is 1.34. The second-order valence-electron chi connectivity index (χ2n) is 2.60. The summed E-state index contributed by atoms with van der Waals surface area (Å²) in [5, 5.41) is 7.21. The molecule has 46 valence electrons. The van der Waals surface area contributed by atoms with Crippen molar-refractivity contribution in [2.75, 3.05) is 20.1 Å². The SMILES string of the molecule is CC(=N)C1CN(C)C1. The fourth-order valence-corrected chi connectivity index (χ4v) is 0.973. The van der Waals surface area contributed by atoms with Gasteiger partial charge in [0.1, 0.15) is 0 Å². The van der Waals surface area contributed by atoms with Crippen molar-refractivity contribution in [3.8, 4) is 0 Å². The molecule has 1 fully saturated rings. The molecule has 0 amide bonds.